The Bertz CT molecular complexity index is 153. The Morgan fingerprint density at radius 2 is 1.69 bits per heavy atom. The van der Waals surface area contributed by atoms with E-state index in [2.05, 4.69) is 27.7 Å². The van der Waals surface area contributed by atoms with Crippen LogP contribution in [0.15, 0.2) is 0 Å². The fourth-order valence-electron chi connectivity index (χ4n) is 2.90. The van der Waals surface area contributed by atoms with Crippen LogP contribution in [0.4, 0.5) is 0 Å². The summed E-state index contributed by atoms with van der Waals surface area (Å²) in [5.41, 5.74) is 0. The van der Waals surface area contributed by atoms with E-state index in [0.29, 0.717) is 0 Å². The maximum atomic E-state index is 5.78. The Labute approximate surface area is 84.9 Å². The molecule has 1 rings (SSSR count). The van der Waals surface area contributed by atoms with E-state index in [1.54, 1.807) is 0 Å². The van der Waals surface area contributed by atoms with Crippen LogP contribution < -0.4 is 0 Å². The third kappa shape index (κ3) is 2.51. The van der Waals surface area contributed by atoms with Gasteiger partial charge in [0.2, 0.25) is 0 Å². The lowest BCUT2D eigenvalue weighted by molar-refractivity contribution is 0.302. The zero-order valence-corrected chi connectivity index (χ0v) is 9.59. The van der Waals surface area contributed by atoms with Gasteiger partial charge in [0.05, 0.1) is 7.85 Å². The number of hydrogen-bond acceptors (Lipinski definition) is 0. The summed E-state index contributed by atoms with van der Waals surface area (Å²) in [6, 6.07) is 0. The SMILES string of the molecule is [B]CC1CC(CC(C)C)C(C)C1C. The van der Waals surface area contributed by atoms with Crippen molar-refractivity contribution >= 4 is 7.85 Å². The van der Waals surface area contributed by atoms with Crippen molar-refractivity contribution in [2.24, 2.45) is 29.6 Å². The van der Waals surface area contributed by atoms with E-state index in [0.717, 1.165) is 35.9 Å². The average molecular weight is 178 g/mol. The molecule has 0 heterocycles. The van der Waals surface area contributed by atoms with Gasteiger partial charge in [-0.05, 0) is 42.4 Å². The van der Waals surface area contributed by atoms with Gasteiger partial charge in [-0.2, -0.15) is 0 Å². The van der Waals surface area contributed by atoms with Crippen LogP contribution in [0.3, 0.4) is 0 Å². The summed E-state index contributed by atoms with van der Waals surface area (Å²) in [6.07, 6.45) is 3.65. The summed E-state index contributed by atoms with van der Waals surface area (Å²) in [5.74, 6) is 4.29. The molecule has 0 amide bonds. The number of hydrogen-bond donors (Lipinski definition) is 0. The largest absolute Gasteiger partial charge is 0.0856 e. The molecule has 0 saturated heterocycles. The molecule has 0 N–H and O–H groups in total. The molecule has 74 valence electrons. The van der Waals surface area contributed by atoms with Crippen molar-refractivity contribution in [3.63, 3.8) is 0 Å². The van der Waals surface area contributed by atoms with Gasteiger partial charge < -0.3 is 0 Å². The highest BCUT2D eigenvalue weighted by atomic mass is 14.4. The van der Waals surface area contributed by atoms with E-state index in [4.69, 9.17) is 7.85 Å². The van der Waals surface area contributed by atoms with Gasteiger partial charge in [-0.25, -0.2) is 0 Å². The normalized spacial score (nSPS) is 40.1. The first-order valence-corrected chi connectivity index (χ1v) is 5.76. The molecule has 0 aromatic rings. The molecule has 13 heavy (non-hydrogen) atoms. The highest BCUT2D eigenvalue weighted by Gasteiger charge is 2.36. The topological polar surface area (TPSA) is 0 Å². The number of rotatable bonds is 3. The van der Waals surface area contributed by atoms with E-state index < -0.39 is 0 Å². The molecule has 1 heteroatoms. The first-order chi connectivity index (χ1) is 6.06. The molecule has 1 fully saturated rings. The molecule has 2 radical (unpaired) electrons. The lowest BCUT2D eigenvalue weighted by atomic mass is 9.82. The first kappa shape index (κ1) is 11.1. The smallest absolute Gasteiger partial charge is 0.0656 e. The van der Waals surface area contributed by atoms with Crippen LogP contribution in [-0.4, -0.2) is 7.85 Å². The second kappa shape index (κ2) is 4.53. The molecule has 0 aromatic heterocycles. The summed E-state index contributed by atoms with van der Waals surface area (Å²) >= 11 is 0. The molecule has 0 spiro atoms. The molecule has 1 aliphatic rings. The van der Waals surface area contributed by atoms with Crippen LogP contribution in [-0.2, 0) is 0 Å². The van der Waals surface area contributed by atoms with Gasteiger partial charge in [-0.1, -0.05) is 34.0 Å². The van der Waals surface area contributed by atoms with Crippen LogP contribution in [0.1, 0.15) is 40.5 Å². The summed E-state index contributed by atoms with van der Waals surface area (Å²) in [5, 5.41) is 0. The van der Waals surface area contributed by atoms with Crippen molar-refractivity contribution in [1.82, 2.24) is 0 Å². The zero-order valence-electron chi connectivity index (χ0n) is 9.59. The molecule has 4 unspecified atom stereocenters. The third-order valence-electron chi connectivity index (χ3n) is 4.00. The highest BCUT2D eigenvalue weighted by Crippen LogP contribution is 2.45. The second-order valence-electron chi connectivity index (χ2n) is 5.34. The zero-order chi connectivity index (χ0) is 10.0. The molecular weight excluding hydrogens is 155 g/mol. The van der Waals surface area contributed by atoms with Gasteiger partial charge in [0, 0.05) is 0 Å². The standard InChI is InChI=1S/C12H23B/c1-8(2)5-11-6-12(7-13)10(4)9(11)3/h8-12H,5-7H2,1-4H3. The van der Waals surface area contributed by atoms with E-state index in [1.807, 2.05) is 0 Å². The molecule has 1 saturated carbocycles. The van der Waals surface area contributed by atoms with Gasteiger partial charge >= 0.3 is 0 Å². The van der Waals surface area contributed by atoms with Crippen LogP contribution in [0.5, 0.6) is 0 Å². The maximum absolute atomic E-state index is 5.78. The molecule has 4 atom stereocenters. The lowest BCUT2D eigenvalue weighted by Gasteiger charge is -2.20. The summed E-state index contributed by atoms with van der Waals surface area (Å²) in [4.78, 5) is 0. The summed E-state index contributed by atoms with van der Waals surface area (Å²) < 4.78 is 0. The Hall–Kier alpha value is 0.0649. The predicted molar refractivity (Wildman–Crippen MR) is 59.9 cm³/mol. The van der Waals surface area contributed by atoms with Crippen LogP contribution in [0, 0.1) is 29.6 Å². The fraction of sp³-hybridized carbons (Fsp3) is 1.00. The fourth-order valence-corrected chi connectivity index (χ4v) is 2.90. The van der Waals surface area contributed by atoms with Crippen molar-refractivity contribution in [3.8, 4) is 0 Å². The monoisotopic (exact) mass is 178 g/mol. The molecular formula is C12H23B. The van der Waals surface area contributed by atoms with Gasteiger partial charge in [0.1, 0.15) is 0 Å². The van der Waals surface area contributed by atoms with Gasteiger partial charge in [0.25, 0.3) is 0 Å². The minimum absolute atomic E-state index is 0.791. The van der Waals surface area contributed by atoms with Crippen LogP contribution in [0.25, 0.3) is 0 Å². The quantitative estimate of drug-likeness (QED) is 0.580. The van der Waals surface area contributed by atoms with E-state index in [9.17, 15) is 0 Å². The molecule has 0 bridgehead atoms. The summed E-state index contributed by atoms with van der Waals surface area (Å²) in [6.45, 7) is 9.44. The highest BCUT2D eigenvalue weighted by molar-refractivity contribution is 6.08. The van der Waals surface area contributed by atoms with Gasteiger partial charge in [0.15, 0.2) is 0 Å². The van der Waals surface area contributed by atoms with Crippen molar-refractivity contribution in [2.75, 3.05) is 0 Å². The van der Waals surface area contributed by atoms with E-state index in [-0.39, 0.29) is 0 Å². The Kier molecular flexibility index (Phi) is 3.88. The van der Waals surface area contributed by atoms with E-state index in [1.165, 1.54) is 12.8 Å². The predicted octanol–water partition coefficient (Wildman–Crippen LogP) is 3.53. The average Bonchev–Trinajstić information content (AvgIpc) is 2.32. The maximum Gasteiger partial charge on any atom is 0.0656 e. The summed E-state index contributed by atoms with van der Waals surface area (Å²) in [7, 11) is 5.78. The van der Waals surface area contributed by atoms with Crippen molar-refractivity contribution in [3.05, 3.63) is 0 Å². The van der Waals surface area contributed by atoms with Crippen molar-refractivity contribution < 1.29 is 0 Å². The minimum atomic E-state index is 0.791. The minimum Gasteiger partial charge on any atom is -0.0856 e. The van der Waals surface area contributed by atoms with Gasteiger partial charge in [-0.3, -0.25) is 0 Å². The molecule has 0 aromatic carbocycles. The third-order valence-corrected chi connectivity index (χ3v) is 4.00. The first-order valence-electron chi connectivity index (χ1n) is 5.76. The Morgan fingerprint density at radius 1 is 1.15 bits per heavy atom. The molecule has 1 aliphatic carbocycles. The lowest BCUT2D eigenvalue weighted by Crippen LogP contribution is -2.12. The molecule has 0 nitrogen and oxygen atoms in total. The van der Waals surface area contributed by atoms with Crippen LogP contribution in [0.2, 0.25) is 6.32 Å². The van der Waals surface area contributed by atoms with Crippen molar-refractivity contribution in [1.29, 1.82) is 0 Å². The second-order valence-corrected chi connectivity index (χ2v) is 5.34. The Balaban J connectivity index is 2.50. The van der Waals surface area contributed by atoms with E-state index >= 15 is 0 Å². The van der Waals surface area contributed by atoms with Crippen molar-refractivity contribution in [2.45, 2.75) is 46.9 Å². The molecule has 0 aliphatic heterocycles. The van der Waals surface area contributed by atoms with Gasteiger partial charge in [-0.15, -0.1) is 0 Å². The van der Waals surface area contributed by atoms with Crippen LogP contribution >= 0.6 is 0 Å². The Morgan fingerprint density at radius 3 is 2.08 bits per heavy atom.